The van der Waals surface area contributed by atoms with E-state index in [2.05, 4.69) is 21.2 Å². The molecule has 1 aromatic heterocycles. The number of anilines is 1. The summed E-state index contributed by atoms with van der Waals surface area (Å²) in [5.41, 5.74) is -0.658. The average Bonchev–Trinajstić information content (AvgIpc) is 3.21. The zero-order valence-electron chi connectivity index (χ0n) is 15.7. The average molecular weight is 471 g/mol. The topological polar surface area (TPSA) is 115 Å². The standard InChI is InChI=1S/C21H15BrN2O6/c1-2-21(29)13-6-15-17(25)11(7-24(15)19(27)12(13)8-30-20(21)28)16-10-5-9(22)3-4-14(10)23-18(16)26/h3-6,29H,2,7-8H2,1H3,(H,23,26)/b16-11-/t21-/m0/s1. The Morgan fingerprint density at radius 1 is 1.23 bits per heavy atom. The van der Waals surface area contributed by atoms with Crippen LogP contribution < -0.4 is 10.9 Å². The molecule has 8 nitrogen and oxygen atoms in total. The number of carbonyl (C=O) groups excluding carboxylic acids is 3. The van der Waals surface area contributed by atoms with Gasteiger partial charge in [-0.3, -0.25) is 14.4 Å². The molecule has 0 radical (unpaired) electrons. The molecular weight excluding hydrogens is 456 g/mol. The van der Waals surface area contributed by atoms with Crippen molar-refractivity contribution in [3.63, 3.8) is 0 Å². The van der Waals surface area contributed by atoms with Gasteiger partial charge in [0.1, 0.15) is 6.61 Å². The van der Waals surface area contributed by atoms with Gasteiger partial charge in [-0.05, 0) is 30.7 Å². The number of carbonyl (C=O) groups is 3. The highest BCUT2D eigenvalue weighted by Crippen LogP contribution is 2.40. The van der Waals surface area contributed by atoms with Crippen molar-refractivity contribution in [1.29, 1.82) is 0 Å². The lowest BCUT2D eigenvalue weighted by molar-refractivity contribution is -0.172. The molecule has 2 aromatic rings. The lowest BCUT2D eigenvalue weighted by Gasteiger charge is -2.31. The van der Waals surface area contributed by atoms with E-state index >= 15 is 0 Å². The summed E-state index contributed by atoms with van der Waals surface area (Å²) in [6, 6.07) is 6.62. The number of hydrogen-bond acceptors (Lipinski definition) is 6. The second-order valence-corrected chi connectivity index (χ2v) is 8.35. The number of ether oxygens (including phenoxy) is 1. The fraction of sp³-hybridized carbons (Fsp3) is 0.238. The molecule has 3 aliphatic rings. The van der Waals surface area contributed by atoms with E-state index in [1.54, 1.807) is 25.1 Å². The number of esters is 1. The summed E-state index contributed by atoms with van der Waals surface area (Å²) in [6.07, 6.45) is -0.00628. The number of aliphatic hydroxyl groups is 1. The van der Waals surface area contributed by atoms with E-state index in [9.17, 15) is 24.3 Å². The van der Waals surface area contributed by atoms with Crippen LogP contribution in [0.4, 0.5) is 5.69 Å². The maximum absolute atomic E-state index is 13.2. The SMILES string of the molecule is CC[C@@]1(O)C(=O)OCc2c1cc1n(c2=O)C/C(=C2/C(=O)Nc3ccc(Br)cc32)C1=O. The molecule has 0 saturated heterocycles. The molecular formula is C21H15BrN2O6. The van der Waals surface area contributed by atoms with E-state index in [4.69, 9.17) is 4.74 Å². The van der Waals surface area contributed by atoms with Crippen molar-refractivity contribution in [2.75, 3.05) is 5.32 Å². The number of rotatable bonds is 1. The van der Waals surface area contributed by atoms with E-state index in [0.29, 0.717) is 11.3 Å². The zero-order valence-corrected chi connectivity index (χ0v) is 17.3. The van der Waals surface area contributed by atoms with Gasteiger partial charge < -0.3 is 19.7 Å². The molecule has 0 unspecified atom stereocenters. The number of pyridine rings is 1. The van der Waals surface area contributed by atoms with Gasteiger partial charge in [0.05, 0.1) is 23.4 Å². The van der Waals surface area contributed by atoms with Gasteiger partial charge in [-0.15, -0.1) is 0 Å². The van der Waals surface area contributed by atoms with Crippen LogP contribution in [0.2, 0.25) is 0 Å². The molecule has 3 aliphatic heterocycles. The van der Waals surface area contributed by atoms with Crippen LogP contribution in [-0.4, -0.2) is 27.3 Å². The summed E-state index contributed by atoms with van der Waals surface area (Å²) >= 11 is 3.37. The van der Waals surface area contributed by atoms with Gasteiger partial charge in [0.25, 0.3) is 11.5 Å². The molecule has 0 fully saturated rings. The van der Waals surface area contributed by atoms with Crippen molar-refractivity contribution < 1.29 is 24.2 Å². The lowest BCUT2D eigenvalue weighted by Crippen LogP contribution is -2.44. The highest BCUT2D eigenvalue weighted by atomic mass is 79.9. The van der Waals surface area contributed by atoms with Gasteiger partial charge in [0.15, 0.2) is 5.60 Å². The summed E-state index contributed by atoms with van der Waals surface area (Å²) in [7, 11) is 0. The van der Waals surface area contributed by atoms with Crippen molar-refractivity contribution in [3.8, 4) is 0 Å². The molecule has 1 amide bonds. The Labute approximate surface area is 178 Å². The number of ketones is 1. The molecule has 0 saturated carbocycles. The van der Waals surface area contributed by atoms with Crippen molar-refractivity contribution in [2.45, 2.75) is 32.1 Å². The number of cyclic esters (lactones) is 1. The predicted octanol–water partition coefficient (Wildman–Crippen LogP) is 1.87. The first kappa shape index (κ1) is 19.0. The molecule has 1 atom stereocenters. The van der Waals surface area contributed by atoms with Crippen LogP contribution in [0.5, 0.6) is 0 Å². The van der Waals surface area contributed by atoms with Crippen molar-refractivity contribution in [3.05, 3.63) is 67.0 Å². The minimum absolute atomic E-state index is 0.00628. The van der Waals surface area contributed by atoms with Crippen LogP contribution in [0.1, 0.15) is 40.5 Å². The third-order valence-electron chi connectivity index (χ3n) is 5.89. The Morgan fingerprint density at radius 2 is 2.00 bits per heavy atom. The van der Waals surface area contributed by atoms with Crippen molar-refractivity contribution >= 4 is 44.9 Å². The molecule has 9 heteroatoms. The fourth-order valence-electron chi connectivity index (χ4n) is 4.26. The molecule has 5 rings (SSSR count). The van der Waals surface area contributed by atoms with Crippen molar-refractivity contribution in [2.24, 2.45) is 0 Å². The first-order valence-corrected chi connectivity index (χ1v) is 10.1. The highest BCUT2D eigenvalue weighted by Gasteiger charge is 2.46. The number of benzene rings is 1. The number of halogens is 1. The summed E-state index contributed by atoms with van der Waals surface area (Å²) in [4.78, 5) is 51.1. The molecule has 4 heterocycles. The van der Waals surface area contributed by atoms with E-state index in [0.717, 1.165) is 4.47 Å². The number of amides is 1. The minimum Gasteiger partial charge on any atom is -0.458 e. The monoisotopic (exact) mass is 470 g/mol. The van der Waals surface area contributed by atoms with Gasteiger partial charge in [-0.1, -0.05) is 22.9 Å². The molecule has 30 heavy (non-hydrogen) atoms. The third-order valence-corrected chi connectivity index (χ3v) is 6.39. The summed E-state index contributed by atoms with van der Waals surface area (Å²) in [6.45, 7) is 1.24. The van der Waals surface area contributed by atoms with Gasteiger partial charge in [-0.25, -0.2) is 4.79 Å². The Morgan fingerprint density at radius 3 is 2.73 bits per heavy atom. The molecule has 152 valence electrons. The Bertz CT molecular complexity index is 1290. The van der Waals surface area contributed by atoms with Crippen LogP contribution in [0.15, 0.2) is 39.1 Å². The van der Waals surface area contributed by atoms with Gasteiger partial charge >= 0.3 is 5.97 Å². The number of fused-ring (bicyclic) bond motifs is 3. The van der Waals surface area contributed by atoms with E-state index in [-0.39, 0.29) is 47.5 Å². The van der Waals surface area contributed by atoms with E-state index in [1.165, 1.54) is 10.6 Å². The van der Waals surface area contributed by atoms with E-state index in [1.807, 2.05) is 0 Å². The molecule has 0 aliphatic carbocycles. The highest BCUT2D eigenvalue weighted by molar-refractivity contribution is 9.10. The van der Waals surface area contributed by atoms with Gasteiger partial charge in [-0.2, -0.15) is 0 Å². The zero-order chi connectivity index (χ0) is 21.4. The normalized spacial score (nSPS) is 24.3. The first-order valence-electron chi connectivity index (χ1n) is 9.32. The number of nitrogens with zero attached hydrogens (tertiary/aromatic N) is 1. The number of hydrogen-bond donors (Lipinski definition) is 2. The number of nitrogens with one attached hydrogen (secondary N) is 1. The third kappa shape index (κ3) is 2.36. The number of allylic oxidation sites excluding steroid dienone is 1. The van der Waals surface area contributed by atoms with Crippen molar-refractivity contribution in [1.82, 2.24) is 4.57 Å². The van der Waals surface area contributed by atoms with Crippen LogP contribution in [-0.2, 0) is 33.1 Å². The second-order valence-electron chi connectivity index (χ2n) is 7.43. The quantitative estimate of drug-likeness (QED) is 0.485. The molecule has 2 N–H and O–H groups in total. The van der Waals surface area contributed by atoms with Gasteiger partial charge in [0, 0.05) is 26.9 Å². The summed E-state index contributed by atoms with van der Waals surface area (Å²) in [5, 5.41) is 13.5. The number of Topliss-reactive ketones (excluding diaryl/α,β-unsaturated/α-hetero) is 1. The molecule has 0 bridgehead atoms. The maximum atomic E-state index is 13.2. The largest absolute Gasteiger partial charge is 0.458 e. The number of aromatic nitrogens is 1. The first-order chi connectivity index (χ1) is 14.3. The summed E-state index contributed by atoms with van der Waals surface area (Å²) < 4.78 is 7.02. The van der Waals surface area contributed by atoms with Crippen LogP contribution in [0.25, 0.3) is 5.57 Å². The van der Waals surface area contributed by atoms with Crippen LogP contribution >= 0.6 is 15.9 Å². The maximum Gasteiger partial charge on any atom is 0.343 e. The second kappa shape index (κ2) is 6.23. The Hall–Kier alpha value is -3.04. The predicted molar refractivity (Wildman–Crippen MR) is 109 cm³/mol. The molecule has 1 aromatic carbocycles. The van der Waals surface area contributed by atoms with Gasteiger partial charge in [0.2, 0.25) is 5.78 Å². The van der Waals surface area contributed by atoms with Crippen LogP contribution in [0.3, 0.4) is 0 Å². The lowest BCUT2D eigenvalue weighted by atomic mass is 9.86. The smallest absolute Gasteiger partial charge is 0.343 e. The van der Waals surface area contributed by atoms with E-state index < -0.39 is 28.8 Å². The molecule has 0 spiro atoms. The summed E-state index contributed by atoms with van der Waals surface area (Å²) in [5.74, 6) is -1.74. The minimum atomic E-state index is -1.99. The fourth-order valence-corrected chi connectivity index (χ4v) is 4.62. The Balaban J connectivity index is 1.73. The van der Waals surface area contributed by atoms with Crippen LogP contribution in [0, 0.1) is 0 Å². The Kier molecular flexibility index (Phi) is 3.93.